The molecule has 0 spiro atoms. The van der Waals surface area contributed by atoms with Crippen LogP contribution in [0.5, 0.6) is 5.88 Å². The number of H-pyrrole nitrogens is 1. The van der Waals surface area contributed by atoms with Crippen molar-refractivity contribution in [1.29, 1.82) is 0 Å². The summed E-state index contributed by atoms with van der Waals surface area (Å²) in [5.74, 6) is 0.505. The maximum absolute atomic E-state index is 10.4. The summed E-state index contributed by atoms with van der Waals surface area (Å²) < 4.78 is 0. The van der Waals surface area contributed by atoms with Gasteiger partial charge in [0, 0.05) is 17.8 Å². The Labute approximate surface area is 137 Å². The van der Waals surface area contributed by atoms with Crippen molar-refractivity contribution in [1.82, 2.24) is 19.9 Å². The number of hydrogen-bond acceptors (Lipinski definition) is 5. The Hall–Kier alpha value is -2.99. The molecule has 3 aromatic heterocycles. The van der Waals surface area contributed by atoms with Gasteiger partial charge in [0.05, 0.1) is 16.4 Å². The van der Waals surface area contributed by atoms with Gasteiger partial charge < -0.3 is 15.8 Å². The SMILES string of the molecule is NC1(c2nc(O)c3cc(-c4ccnc5[nH]ccc45)ccc3n2)CC1. The van der Waals surface area contributed by atoms with Crippen LogP contribution in [0.4, 0.5) is 0 Å². The molecule has 0 aliphatic heterocycles. The predicted molar refractivity (Wildman–Crippen MR) is 91.4 cm³/mol. The van der Waals surface area contributed by atoms with Gasteiger partial charge in [0.25, 0.3) is 0 Å². The molecule has 0 unspecified atom stereocenters. The summed E-state index contributed by atoms with van der Waals surface area (Å²) in [6.45, 7) is 0. The number of hydrogen-bond donors (Lipinski definition) is 3. The van der Waals surface area contributed by atoms with Crippen LogP contribution in [0.1, 0.15) is 18.7 Å². The van der Waals surface area contributed by atoms with E-state index in [-0.39, 0.29) is 5.88 Å². The second-order valence-corrected chi connectivity index (χ2v) is 6.36. The lowest BCUT2D eigenvalue weighted by atomic mass is 10.0. The molecule has 1 fully saturated rings. The fourth-order valence-electron chi connectivity index (χ4n) is 3.07. The molecule has 24 heavy (non-hydrogen) atoms. The Balaban J connectivity index is 1.71. The molecule has 5 rings (SSSR count). The fraction of sp³-hybridized carbons (Fsp3) is 0.167. The monoisotopic (exact) mass is 317 g/mol. The molecule has 1 saturated carbocycles. The molecular weight excluding hydrogens is 302 g/mol. The second kappa shape index (κ2) is 4.52. The van der Waals surface area contributed by atoms with E-state index in [4.69, 9.17) is 5.73 Å². The van der Waals surface area contributed by atoms with Gasteiger partial charge in [-0.15, -0.1) is 0 Å². The third kappa shape index (κ3) is 1.90. The highest BCUT2D eigenvalue weighted by Gasteiger charge is 2.43. The largest absolute Gasteiger partial charge is 0.493 e. The number of nitrogens with zero attached hydrogens (tertiary/aromatic N) is 3. The van der Waals surface area contributed by atoms with E-state index >= 15 is 0 Å². The van der Waals surface area contributed by atoms with Crippen LogP contribution in [-0.4, -0.2) is 25.0 Å². The number of nitrogens with one attached hydrogen (secondary N) is 1. The smallest absolute Gasteiger partial charge is 0.222 e. The van der Waals surface area contributed by atoms with Gasteiger partial charge in [-0.1, -0.05) is 6.07 Å². The van der Waals surface area contributed by atoms with Gasteiger partial charge in [0.2, 0.25) is 5.88 Å². The summed E-state index contributed by atoms with van der Waals surface area (Å²) >= 11 is 0. The molecule has 0 atom stereocenters. The highest BCUT2D eigenvalue weighted by atomic mass is 16.3. The molecule has 0 amide bonds. The normalized spacial score (nSPS) is 15.9. The molecule has 1 aliphatic rings. The van der Waals surface area contributed by atoms with E-state index in [2.05, 4.69) is 19.9 Å². The van der Waals surface area contributed by atoms with Crippen molar-refractivity contribution >= 4 is 21.9 Å². The Morgan fingerprint density at radius 1 is 1.08 bits per heavy atom. The van der Waals surface area contributed by atoms with E-state index < -0.39 is 5.54 Å². The van der Waals surface area contributed by atoms with Crippen LogP contribution in [0, 0.1) is 0 Å². The van der Waals surface area contributed by atoms with Crippen molar-refractivity contribution in [3.63, 3.8) is 0 Å². The Bertz CT molecular complexity index is 1100. The van der Waals surface area contributed by atoms with Gasteiger partial charge in [-0.25, -0.2) is 9.97 Å². The molecule has 118 valence electrons. The van der Waals surface area contributed by atoms with E-state index in [9.17, 15) is 5.11 Å². The van der Waals surface area contributed by atoms with E-state index in [1.165, 1.54) is 0 Å². The van der Waals surface area contributed by atoms with Gasteiger partial charge >= 0.3 is 0 Å². The van der Waals surface area contributed by atoms with Gasteiger partial charge in [-0.05, 0) is 48.2 Å². The molecule has 1 aromatic carbocycles. The van der Waals surface area contributed by atoms with Crippen LogP contribution >= 0.6 is 0 Å². The van der Waals surface area contributed by atoms with Crippen LogP contribution in [0.2, 0.25) is 0 Å². The topological polar surface area (TPSA) is 101 Å². The summed E-state index contributed by atoms with van der Waals surface area (Å²) in [7, 11) is 0. The van der Waals surface area contributed by atoms with Crippen LogP contribution < -0.4 is 5.73 Å². The lowest BCUT2D eigenvalue weighted by molar-refractivity contribution is 0.452. The second-order valence-electron chi connectivity index (χ2n) is 6.36. The maximum Gasteiger partial charge on any atom is 0.222 e. The summed E-state index contributed by atoms with van der Waals surface area (Å²) in [5, 5.41) is 12.0. The zero-order chi connectivity index (χ0) is 16.3. The first-order valence-electron chi connectivity index (χ1n) is 7.87. The molecule has 0 radical (unpaired) electrons. The standard InChI is InChI=1S/C18H15N5O/c19-18(5-6-18)17-22-14-2-1-10(9-13(14)16(24)23-17)11-3-7-20-15-12(11)4-8-21-15/h1-4,7-9H,5-6,19H2,(H,20,21)(H,22,23,24). The number of fused-ring (bicyclic) bond motifs is 2. The third-order valence-corrected chi connectivity index (χ3v) is 4.68. The van der Waals surface area contributed by atoms with Crippen LogP contribution in [0.3, 0.4) is 0 Å². The maximum atomic E-state index is 10.4. The van der Waals surface area contributed by atoms with E-state index in [1.807, 2.05) is 36.5 Å². The van der Waals surface area contributed by atoms with E-state index in [1.54, 1.807) is 6.20 Å². The average Bonchev–Trinajstić information content (AvgIpc) is 3.17. The van der Waals surface area contributed by atoms with Gasteiger partial charge in [-0.3, -0.25) is 0 Å². The zero-order valence-corrected chi connectivity index (χ0v) is 12.8. The van der Waals surface area contributed by atoms with Crippen LogP contribution in [0.25, 0.3) is 33.1 Å². The number of benzene rings is 1. The molecule has 0 saturated heterocycles. The predicted octanol–water partition coefficient (Wildman–Crippen LogP) is 2.83. The minimum Gasteiger partial charge on any atom is -0.493 e. The molecule has 6 heteroatoms. The Morgan fingerprint density at radius 2 is 1.96 bits per heavy atom. The van der Waals surface area contributed by atoms with Crippen molar-refractivity contribution < 1.29 is 5.11 Å². The quantitative estimate of drug-likeness (QED) is 0.528. The van der Waals surface area contributed by atoms with Crippen molar-refractivity contribution in [2.45, 2.75) is 18.4 Å². The number of aromatic hydroxyl groups is 1. The molecule has 4 N–H and O–H groups in total. The molecule has 6 nitrogen and oxygen atoms in total. The first kappa shape index (κ1) is 13.4. The minimum absolute atomic E-state index is 0.0204. The lowest BCUT2D eigenvalue weighted by Crippen LogP contribution is -2.22. The van der Waals surface area contributed by atoms with Crippen LogP contribution in [0.15, 0.2) is 42.7 Å². The number of aromatic amines is 1. The molecule has 4 aromatic rings. The Kier molecular flexibility index (Phi) is 2.53. The van der Waals surface area contributed by atoms with Gasteiger partial charge in [0.1, 0.15) is 5.65 Å². The summed E-state index contributed by atoms with van der Waals surface area (Å²) in [6, 6.07) is 9.76. The first-order chi connectivity index (χ1) is 11.6. The minimum atomic E-state index is -0.466. The summed E-state index contributed by atoms with van der Waals surface area (Å²) in [5.41, 5.74) is 9.26. The summed E-state index contributed by atoms with van der Waals surface area (Å²) in [4.78, 5) is 16.2. The fourth-order valence-corrected chi connectivity index (χ4v) is 3.07. The highest BCUT2D eigenvalue weighted by molar-refractivity contribution is 5.96. The van der Waals surface area contributed by atoms with Crippen molar-refractivity contribution in [2.75, 3.05) is 0 Å². The third-order valence-electron chi connectivity index (χ3n) is 4.68. The highest BCUT2D eigenvalue weighted by Crippen LogP contribution is 2.42. The average molecular weight is 317 g/mol. The lowest BCUT2D eigenvalue weighted by Gasteiger charge is -2.10. The molecular formula is C18H15N5O. The van der Waals surface area contributed by atoms with Gasteiger partial charge in [0.15, 0.2) is 5.82 Å². The molecule has 3 heterocycles. The van der Waals surface area contributed by atoms with E-state index in [0.717, 1.165) is 35.0 Å². The first-order valence-corrected chi connectivity index (χ1v) is 7.87. The number of aromatic nitrogens is 4. The summed E-state index contributed by atoms with van der Waals surface area (Å²) in [6.07, 6.45) is 5.35. The number of rotatable bonds is 2. The Morgan fingerprint density at radius 3 is 2.79 bits per heavy atom. The number of nitrogens with two attached hydrogens (primary N) is 1. The van der Waals surface area contributed by atoms with Crippen LogP contribution in [-0.2, 0) is 5.54 Å². The van der Waals surface area contributed by atoms with Crippen molar-refractivity contribution in [3.05, 3.63) is 48.5 Å². The molecule has 1 aliphatic carbocycles. The molecule has 0 bridgehead atoms. The van der Waals surface area contributed by atoms with Crippen molar-refractivity contribution in [2.24, 2.45) is 5.73 Å². The zero-order valence-electron chi connectivity index (χ0n) is 12.8. The van der Waals surface area contributed by atoms with Crippen molar-refractivity contribution in [3.8, 4) is 17.0 Å². The van der Waals surface area contributed by atoms with Gasteiger partial charge in [-0.2, -0.15) is 4.98 Å². The number of pyridine rings is 1. The van der Waals surface area contributed by atoms with E-state index in [0.29, 0.717) is 16.7 Å².